The minimum absolute atomic E-state index is 0.286. The van der Waals surface area contributed by atoms with E-state index in [0.29, 0.717) is 17.7 Å². The number of aromatic hydroxyl groups is 1. The maximum atomic E-state index is 10.8. The van der Waals surface area contributed by atoms with E-state index in [-0.39, 0.29) is 5.75 Å². The number of ether oxygens (including phenoxy) is 1. The van der Waals surface area contributed by atoms with Crippen molar-refractivity contribution in [1.82, 2.24) is 10.3 Å². The molecule has 0 aliphatic carbocycles. The van der Waals surface area contributed by atoms with Gasteiger partial charge in [-0.15, -0.1) is 0 Å². The standard InChI is InChI=1S/C23H24N2O4S/c26-17-5-3-15(4-6-17)19-2-1-10-24-22(19)9-11-30-14-16-13-25-21-8-7-18(12-20(16)21)29-23(27)28/h1-8,12-13,19,22,24-26H,9-11,14H2,(H,27,28). The number of nitrogens with one attached hydrogen (secondary N) is 2. The highest BCUT2D eigenvalue weighted by molar-refractivity contribution is 7.98. The molecule has 0 fully saturated rings. The maximum Gasteiger partial charge on any atom is 0.511 e. The normalized spacial score (nSPS) is 18.5. The van der Waals surface area contributed by atoms with Crippen LogP contribution in [0.2, 0.25) is 0 Å². The van der Waals surface area contributed by atoms with Crippen molar-refractivity contribution < 1.29 is 19.7 Å². The number of aromatic amines is 1. The largest absolute Gasteiger partial charge is 0.511 e. The maximum absolute atomic E-state index is 10.8. The first-order valence-corrected chi connectivity index (χ1v) is 11.0. The minimum Gasteiger partial charge on any atom is -0.508 e. The molecule has 0 bridgehead atoms. The minimum atomic E-state index is -1.31. The number of phenolic OH excluding ortho intramolecular Hbond substituents is 1. The van der Waals surface area contributed by atoms with E-state index < -0.39 is 6.16 Å². The van der Waals surface area contributed by atoms with E-state index in [1.54, 1.807) is 24.3 Å². The summed E-state index contributed by atoms with van der Waals surface area (Å²) in [4.78, 5) is 14.0. The fourth-order valence-corrected chi connectivity index (χ4v) is 4.87. The van der Waals surface area contributed by atoms with Crippen LogP contribution in [-0.4, -0.2) is 39.7 Å². The summed E-state index contributed by atoms with van der Waals surface area (Å²) < 4.78 is 4.78. The molecule has 3 aromatic rings. The van der Waals surface area contributed by atoms with Gasteiger partial charge >= 0.3 is 6.16 Å². The molecule has 2 aromatic carbocycles. The molecule has 4 rings (SSSR count). The molecule has 4 N–H and O–H groups in total. The number of hydrogen-bond donors (Lipinski definition) is 4. The van der Waals surface area contributed by atoms with Crippen LogP contribution in [0.25, 0.3) is 10.9 Å². The number of fused-ring (bicyclic) bond motifs is 1. The Morgan fingerprint density at radius 3 is 2.83 bits per heavy atom. The number of thioether (sulfide) groups is 1. The van der Waals surface area contributed by atoms with Gasteiger partial charge in [-0.3, -0.25) is 0 Å². The number of benzene rings is 2. The van der Waals surface area contributed by atoms with E-state index in [2.05, 4.69) is 22.5 Å². The zero-order valence-electron chi connectivity index (χ0n) is 16.4. The predicted molar refractivity (Wildman–Crippen MR) is 120 cm³/mol. The Morgan fingerprint density at radius 1 is 1.20 bits per heavy atom. The Kier molecular flexibility index (Phi) is 6.30. The number of H-pyrrole nitrogens is 1. The molecule has 1 aromatic heterocycles. The molecule has 0 amide bonds. The number of rotatable bonds is 7. The molecule has 30 heavy (non-hydrogen) atoms. The van der Waals surface area contributed by atoms with Crippen LogP contribution in [0.1, 0.15) is 23.5 Å². The fourth-order valence-electron chi connectivity index (χ4n) is 3.85. The second kappa shape index (κ2) is 9.28. The average Bonchev–Trinajstić information content (AvgIpc) is 3.14. The molecule has 156 valence electrons. The van der Waals surface area contributed by atoms with Crippen molar-refractivity contribution in [2.75, 3.05) is 12.3 Å². The SMILES string of the molecule is O=C(O)Oc1ccc2[nH]cc(CSCCC3NCC=CC3c3ccc(O)cc3)c2c1. The van der Waals surface area contributed by atoms with Gasteiger partial charge in [0.05, 0.1) is 0 Å². The highest BCUT2D eigenvalue weighted by Gasteiger charge is 2.22. The van der Waals surface area contributed by atoms with Gasteiger partial charge in [-0.25, -0.2) is 4.79 Å². The Hall–Kier alpha value is -2.90. The Labute approximate surface area is 179 Å². The van der Waals surface area contributed by atoms with E-state index in [4.69, 9.17) is 9.84 Å². The lowest BCUT2D eigenvalue weighted by molar-refractivity contribution is 0.144. The monoisotopic (exact) mass is 424 g/mol. The fraction of sp³-hybridized carbons (Fsp3) is 0.261. The van der Waals surface area contributed by atoms with Crippen LogP contribution < -0.4 is 10.1 Å². The van der Waals surface area contributed by atoms with E-state index in [9.17, 15) is 9.90 Å². The van der Waals surface area contributed by atoms with E-state index in [0.717, 1.165) is 40.9 Å². The first-order chi connectivity index (χ1) is 14.6. The molecule has 2 heterocycles. The molecule has 0 saturated carbocycles. The average molecular weight is 425 g/mol. The summed E-state index contributed by atoms with van der Waals surface area (Å²) in [6.45, 7) is 0.874. The Balaban J connectivity index is 1.35. The van der Waals surface area contributed by atoms with Crippen LogP contribution in [0.4, 0.5) is 4.79 Å². The lowest BCUT2D eigenvalue weighted by Crippen LogP contribution is -2.37. The second-order valence-electron chi connectivity index (χ2n) is 7.29. The number of phenols is 1. The van der Waals surface area contributed by atoms with Crippen LogP contribution in [0, 0.1) is 0 Å². The quantitative estimate of drug-likeness (QED) is 0.187. The van der Waals surface area contributed by atoms with Gasteiger partial charge in [-0.1, -0.05) is 24.3 Å². The summed E-state index contributed by atoms with van der Waals surface area (Å²) in [5.74, 6) is 2.75. The first-order valence-electron chi connectivity index (χ1n) is 9.87. The summed E-state index contributed by atoms with van der Waals surface area (Å²) >= 11 is 1.86. The van der Waals surface area contributed by atoms with Crippen molar-refractivity contribution in [1.29, 1.82) is 0 Å². The first kappa shape index (κ1) is 20.4. The number of hydrogen-bond acceptors (Lipinski definition) is 5. The highest BCUT2D eigenvalue weighted by atomic mass is 32.2. The molecule has 2 unspecified atom stereocenters. The summed E-state index contributed by atoms with van der Waals surface area (Å²) in [5, 5.41) is 22.9. The number of aromatic nitrogens is 1. The van der Waals surface area contributed by atoms with Gasteiger partial charge < -0.3 is 25.3 Å². The van der Waals surface area contributed by atoms with Crippen molar-refractivity contribution in [3.63, 3.8) is 0 Å². The second-order valence-corrected chi connectivity index (χ2v) is 8.40. The third-order valence-electron chi connectivity index (χ3n) is 5.33. The van der Waals surface area contributed by atoms with Crippen molar-refractivity contribution in [2.45, 2.75) is 24.1 Å². The van der Waals surface area contributed by atoms with Crippen LogP contribution in [0.5, 0.6) is 11.5 Å². The predicted octanol–water partition coefficient (Wildman–Crippen LogP) is 4.87. The van der Waals surface area contributed by atoms with Crippen LogP contribution in [0.15, 0.2) is 60.8 Å². The van der Waals surface area contributed by atoms with Gasteiger partial charge in [0.2, 0.25) is 0 Å². The molecule has 1 aliphatic rings. The van der Waals surface area contributed by atoms with Gasteiger partial charge in [-0.2, -0.15) is 11.8 Å². The Morgan fingerprint density at radius 2 is 2.03 bits per heavy atom. The van der Waals surface area contributed by atoms with Gasteiger partial charge in [0, 0.05) is 41.4 Å². The highest BCUT2D eigenvalue weighted by Crippen LogP contribution is 2.30. The van der Waals surface area contributed by atoms with E-state index in [1.165, 1.54) is 5.56 Å². The van der Waals surface area contributed by atoms with Crippen molar-refractivity contribution >= 4 is 28.8 Å². The summed E-state index contributed by atoms with van der Waals surface area (Å²) in [7, 11) is 0. The van der Waals surface area contributed by atoms with Gasteiger partial charge in [-0.05, 0) is 53.6 Å². The molecule has 0 spiro atoms. The van der Waals surface area contributed by atoms with Crippen molar-refractivity contribution in [2.24, 2.45) is 0 Å². The molecule has 6 nitrogen and oxygen atoms in total. The Bertz CT molecular complexity index is 1050. The molecule has 7 heteroatoms. The lowest BCUT2D eigenvalue weighted by atomic mass is 9.87. The zero-order chi connectivity index (χ0) is 20.9. The smallest absolute Gasteiger partial charge is 0.508 e. The molecular formula is C23H24N2O4S. The molecule has 1 aliphatic heterocycles. The van der Waals surface area contributed by atoms with Gasteiger partial charge in [0.15, 0.2) is 0 Å². The third kappa shape index (κ3) is 4.80. The third-order valence-corrected chi connectivity index (χ3v) is 6.37. The van der Waals surface area contributed by atoms with Gasteiger partial charge in [0.1, 0.15) is 11.5 Å². The summed E-state index contributed by atoms with van der Waals surface area (Å²) in [5.41, 5.74) is 3.31. The molecule has 0 radical (unpaired) electrons. The molecule has 2 atom stereocenters. The van der Waals surface area contributed by atoms with Crippen LogP contribution in [-0.2, 0) is 5.75 Å². The lowest BCUT2D eigenvalue weighted by Gasteiger charge is -2.29. The zero-order valence-corrected chi connectivity index (χ0v) is 17.2. The van der Waals surface area contributed by atoms with Crippen molar-refractivity contribution in [3.8, 4) is 11.5 Å². The summed E-state index contributed by atoms with van der Waals surface area (Å²) in [6, 6.07) is 13.1. The summed E-state index contributed by atoms with van der Waals surface area (Å²) in [6.07, 6.45) is 6.10. The topological polar surface area (TPSA) is 94.6 Å². The van der Waals surface area contributed by atoms with E-state index in [1.807, 2.05) is 36.2 Å². The molecular weight excluding hydrogens is 400 g/mol. The van der Waals surface area contributed by atoms with Crippen LogP contribution in [0.3, 0.4) is 0 Å². The molecule has 0 saturated heterocycles. The van der Waals surface area contributed by atoms with Gasteiger partial charge in [0.25, 0.3) is 0 Å². The number of carboxylic acid groups (broad SMARTS) is 1. The van der Waals surface area contributed by atoms with Crippen molar-refractivity contribution in [3.05, 3.63) is 71.9 Å². The van der Waals surface area contributed by atoms with E-state index >= 15 is 0 Å². The van der Waals surface area contributed by atoms with Crippen LogP contribution >= 0.6 is 11.8 Å². The number of carbonyl (C=O) groups is 1.